The third-order valence-electron chi connectivity index (χ3n) is 6.12. The van der Waals surface area contributed by atoms with Gasteiger partial charge in [-0.05, 0) is 49.3 Å². The average Bonchev–Trinajstić information content (AvgIpc) is 3.49. The van der Waals surface area contributed by atoms with Crippen LogP contribution in [0.25, 0.3) is 11.1 Å². The molecular formula is C27H39N5O3. The lowest BCUT2D eigenvalue weighted by atomic mass is 10.1. The number of nitrogens with zero attached hydrogens (tertiary/aromatic N) is 3. The lowest BCUT2D eigenvalue weighted by Gasteiger charge is -2.18. The largest absolute Gasteiger partial charge is 0.481 e. The van der Waals surface area contributed by atoms with E-state index < -0.39 is 0 Å². The maximum Gasteiger partial charge on any atom is 0.271 e. The van der Waals surface area contributed by atoms with E-state index in [1.54, 1.807) is 25.6 Å². The number of pyridine rings is 2. The molecule has 2 aromatic heterocycles. The molecule has 2 aromatic rings. The van der Waals surface area contributed by atoms with E-state index in [1.165, 1.54) is 12.8 Å². The van der Waals surface area contributed by atoms with Crippen molar-refractivity contribution in [1.82, 2.24) is 20.2 Å². The lowest BCUT2D eigenvalue weighted by molar-refractivity contribution is -0.125. The Balaban J connectivity index is 0.000000214. The first-order chi connectivity index (χ1) is 16.9. The molecule has 35 heavy (non-hydrogen) atoms. The SMILES string of the molecule is CC(C)NC/C=C/C(=O)N1CCCC1.COc1cc(-c2c[nH]c(=O)c(N(C)CC3CC3)c2)ccn1. The van der Waals surface area contributed by atoms with Crippen molar-refractivity contribution in [2.24, 2.45) is 5.92 Å². The maximum atomic E-state index is 12.0. The van der Waals surface area contributed by atoms with Crippen LogP contribution in [0.15, 0.2) is 47.5 Å². The molecule has 1 saturated heterocycles. The van der Waals surface area contributed by atoms with Crippen LogP contribution in [-0.4, -0.2) is 67.2 Å². The summed E-state index contributed by atoms with van der Waals surface area (Å²) in [5.74, 6) is 1.46. The molecule has 2 N–H and O–H groups in total. The molecule has 190 valence electrons. The Bertz CT molecular complexity index is 1040. The summed E-state index contributed by atoms with van der Waals surface area (Å²) in [5.41, 5.74) is 2.57. The number of ether oxygens (including phenoxy) is 1. The summed E-state index contributed by atoms with van der Waals surface area (Å²) in [7, 11) is 3.56. The van der Waals surface area contributed by atoms with Gasteiger partial charge in [-0.1, -0.05) is 19.9 Å². The van der Waals surface area contributed by atoms with E-state index in [0.717, 1.165) is 56.1 Å². The standard InChI is InChI=1S/C16H19N3O2.C11H20N2O/c1-19(10-11-3-4-11)14-7-13(9-18-16(14)20)12-5-6-17-15(8-12)21-2;1-10(2)12-7-5-6-11(14)13-8-3-4-9-13/h5-9,11H,3-4,10H2,1-2H3,(H,18,20);5-6,10,12H,3-4,7-9H2,1-2H3/b;6-5+. The molecule has 0 atom stereocenters. The van der Waals surface area contributed by atoms with Crippen LogP contribution in [0.2, 0.25) is 0 Å². The van der Waals surface area contributed by atoms with Gasteiger partial charge in [0.2, 0.25) is 11.8 Å². The molecular weight excluding hydrogens is 442 g/mol. The minimum Gasteiger partial charge on any atom is -0.481 e. The van der Waals surface area contributed by atoms with Gasteiger partial charge in [-0.15, -0.1) is 0 Å². The molecule has 1 aliphatic heterocycles. The number of carbonyl (C=O) groups is 1. The molecule has 1 saturated carbocycles. The fraction of sp³-hybridized carbons (Fsp3) is 0.519. The van der Waals surface area contributed by atoms with Crippen LogP contribution in [0.4, 0.5) is 5.69 Å². The molecule has 3 heterocycles. The number of hydrogen-bond donors (Lipinski definition) is 2. The monoisotopic (exact) mass is 481 g/mol. The van der Waals surface area contributed by atoms with Gasteiger partial charge in [0.15, 0.2) is 0 Å². The Morgan fingerprint density at radius 2 is 2.03 bits per heavy atom. The predicted octanol–water partition coefficient (Wildman–Crippen LogP) is 3.45. The van der Waals surface area contributed by atoms with E-state index in [9.17, 15) is 9.59 Å². The van der Waals surface area contributed by atoms with Gasteiger partial charge in [-0.25, -0.2) is 4.98 Å². The first-order valence-electron chi connectivity index (χ1n) is 12.5. The van der Waals surface area contributed by atoms with Crippen molar-refractivity contribution in [3.05, 3.63) is 53.1 Å². The fourth-order valence-corrected chi connectivity index (χ4v) is 3.92. The van der Waals surface area contributed by atoms with Gasteiger partial charge in [0.1, 0.15) is 5.69 Å². The minimum atomic E-state index is -0.0529. The number of H-pyrrole nitrogens is 1. The van der Waals surface area contributed by atoms with Gasteiger partial charge >= 0.3 is 0 Å². The van der Waals surface area contributed by atoms with Crippen LogP contribution in [0.3, 0.4) is 0 Å². The van der Waals surface area contributed by atoms with Crippen molar-refractivity contribution in [2.45, 2.75) is 45.6 Å². The highest BCUT2D eigenvalue weighted by Crippen LogP contribution is 2.31. The zero-order chi connectivity index (χ0) is 25.2. The van der Waals surface area contributed by atoms with Crippen molar-refractivity contribution in [3.63, 3.8) is 0 Å². The molecule has 1 aliphatic carbocycles. The third-order valence-corrected chi connectivity index (χ3v) is 6.12. The molecule has 8 heteroatoms. The summed E-state index contributed by atoms with van der Waals surface area (Å²) in [5, 5.41) is 3.23. The normalized spacial score (nSPS) is 15.3. The number of anilines is 1. The molecule has 0 aromatic carbocycles. The third kappa shape index (κ3) is 8.55. The second kappa shape index (κ2) is 13.1. The number of rotatable bonds is 9. The smallest absolute Gasteiger partial charge is 0.271 e. The number of likely N-dealkylation sites (tertiary alicyclic amines) is 1. The first kappa shape index (κ1) is 26.5. The van der Waals surface area contributed by atoms with Crippen LogP contribution >= 0.6 is 0 Å². The zero-order valence-electron chi connectivity index (χ0n) is 21.4. The van der Waals surface area contributed by atoms with Crippen LogP contribution in [0.1, 0.15) is 39.5 Å². The number of carbonyl (C=O) groups excluding carboxylic acids is 1. The van der Waals surface area contributed by atoms with Gasteiger partial charge in [0, 0.05) is 69.4 Å². The Morgan fingerprint density at radius 1 is 1.29 bits per heavy atom. The van der Waals surface area contributed by atoms with Crippen molar-refractivity contribution in [2.75, 3.05) is 45.2 Å². The first-order valence-corrected chi connectivity index (χ1v) is 12.5. The van der Waals surface area contributed by atoms with E-state index in [2.05, 4.69) is 29.1 Å². The number of methoxy groups -OCH3 is 1. The Hall–Kier alpha value is -3.13. The second-order valence-corrected chi connectivity index (χ2v) is 9.51. The molecule has 0 spiro atoms. The minimum absolute atomic E-state index is 0.0529. The van der Waals surface area contributed by atoms with Gasteiger partial charge in [-0.2, -0.15) is 0 Å². The van der Waals surface area contributed by atoms with Crippen LogP contribution in [0.5, 0.6) is 5.88 Å². The zero-order valence-corrected chi connectivity index (χ0v) is 21.4. The molecule has 1 amide bonds. The Morgan fingerprint density at radius 3 is 2.69 bits per heavy atom. The van der Waals surface area contributed by atoms with Crippen LogP contribution in [0, 0.1) is 5.92 Å². The molecule has 2 fully saturated rings. The molecule has 0 radical (unpaired) electrons. The number of amides is 1. The Kier molecular flexibility index (Phi) is 9.90. The summed E-state index contributed by atoms with van der Waals surface area (Å²) < 4.78 is 5.15. The number of aromatic nitrogens is 2. The van der Waals surface area contributed by atoms with Crippen molar-refractivity contribution in [1.29, 1.82) is 0 Å². The Labute approximate surface area is 208 Å². The molecule has 0 unspecified atom stereocenters. The number of nitrogens with one attached hydrogen (secondary N) is 2. The van der Waals surface area contributed by atoms with Gasteiger partial charge in [0.05, 0.1) is 7.11 Å². The summed E-state index contributed by atoms with van der Waals surface area (Å²) in [6, 6.07) is 6.16. The summed E-state index contributed by atoms with van der Waals surface area (Å²) >= 11 is 0. The van der Waals surface area contributed by atoms with E-state index in [0.29, 0.717) is 17.6 Å². The highest BCUT2D eigenvalue weighted by Gasteiger charge is 2.24. The van der Waals surface area contributed by atoms with E-state index in [4.69, 9.17) is 4.74 Å². The quantitative estimate of drug-likeness (QED) is 0.533. The fourth-order valence-electron chi connectivity index (χ4n) is 3.92. The van der Waals surface area contributed by atoms with Gasteiger partial charge in [0.25, 0.3) is 5.56 Å². The molecule has 4 rings (SSSR count). The molecule has 2 aliphatic rings. The van der Waals surface area contributed by atoms with E-state index in [-0.39, 0.29) is 11.5 Å². The van der Waals surface area contributed by atoms with Crippen molar-refractivity contribution >= 4 is 11.6 Å². The van der Waals surface area contributed by atoms with Crippen LogP contribution in [-0.2, 0) is 4.79 Å². The summed E-state index contributed by atoms with van der Waals surface area (Å²) in [6.07, 6.45) is 11.9. The topological polar surface area (TPSA) is 90.6 Å². The molecule has 0 bridgehead atoms. The van der Waals surface area contributed by atoms with Crippen LogP contribution < -0.4 is 20.5 Å². The highest BCUT2D eigenvalue weighted by molar-refractivity contribution is 5.87. The van der Waals surface area contributed by atoms with E-state index in [1.807, 2.05) is 41.1 Å². The van der Waals surface area contributed by atoms with Gasteiger partial charge in [-0.3, -0.25) is 9.59 Å². The number of aromatic amines is 1. The van der Waals surface area contributed by atoms with Crippen molar-refractivity contribution < 1.29 is 9.53 Å². The molecule has 8 nitrogen and oxygen atoms in total. The number of hydrogen-bond acceptors (Lipinski definition) is 6. The van der Waals surface area contributed by atoms with E-state index >= 15 is 0 Å². The average molecular weight is 482 g/mol. The highest BCUT2D eigenvalue weighted by atomic mass is 16.5. The summed E-state index contributed by atoms with van der Waals surface area (Å²) in [6.45, 7) is 7.76. The predicted molar refractivity (Wildman–Crippen MR) is 141 cm³/mol. The summed E-state index contributed by atoms with van der Waals surface area (Å²) in [4.78, 5) is 34.4. The van der Waals surface area contributed by atoms with Crippen molar-refractivity contribution in [3.8, 4) is 17.0 Å². The lowest BCUT2D eigenvalue weighted by Crippen LogP contribution is -2.26. The van der Waals surface area contributed by atoms with Gasteiger partial charge < -0.3 is 24.8 Å². The maximum absolute atomic E-state index is 12.0. The second-order valence-electron chi connectivity index (χ2n) is 9.51.